The standard InChI is InChI=1S/C16H23N3O3/c1-3-12-4-5-17-14(7-12)8-18-16(22)19-9-11(2)6-13(10-19)15(20)21/h4-5,7,11,13H,3,6,8-10H2,1-2H3,(H,18,22)(H,20,21). The Balaban J connectivity index is 1.92. The van der Waals surface area contributed by atoms with Crippen LogP contribution in [0.15, 0.2) is 18.3 Å². The molecule has 2 N–H and O–H groups in total. The van der Waals surface area contributed by atoms with Crippen molar-refractivity contribution in [2.45, 2.75) is 33.2 Å². The maximum Gasteiger partial charge on any atom is 0.317 e. The summed E-state index contributed by atoms with van der Waals surface area (Å²) in [5, 5.41) is 12.0. The van der Waals surface area contributed by atoms with Gasteiger partial charge in [-0.2, -0.15) is 0 Å². The number of carbonyl (C=O) groups excluding carboxylic acids is 1. The number of aryl methyl sites for hydroxylation is 1. The fourth-order valence-corrected chi connectivity index (χ4v) is 2.82. The predicted octanol–water partition coefficient (Wildman–Crippen LogP) is 1.90. The number of carboxylic acid groups (broad SMARTS) is 1. The van der Waals surface area contributed by atoms with Crippen LogP contribution < -0.4 is 5.32 Å². The third-order valence-electron chi connectivity index (χ3n) is 4.01. The molecule has 2 heterocycles. The second-order valence-electron chi connectivity index (χ2n) is 5.95. The maximum atomic E-state index is 12.2. The Morgan fingerprint density at radius 3 is 2.91 bits per heavy atom. The van der Waals surface area contributed by atoms with Crippen LogP contribution in [0.3, 0.4) is 0 Å². The first-order chi connectivity index (χ1) is 10.5. The van der Waals surface area contributed by atoms with Crippen LogP contribution in [-0.4, -0.2) is 40.1 Å². The zero-order valence-corrected chi connectivity index (χ0v) is 13.1. The van der Waals surface area contributed by atoms with Gasteiger partial charge in [-0.25, -0.2) is 4.79 Å². The van der Waals surface area contributed by atoms with Gasteiger partial charge in [-0.15, -0.1) is 0 Å². The highest BCUT2D eigenvalue weighted by atomic mass is 16.4. The molecule has 1 aromatic rings. The number of piperidine rings is 1. The third kappa shape index (κ3) is 4.19. The molecular weight excluding hydrogens is 282 g/mol. The fraction of sp³-hybridized carbons (Fsp3) is 0.562. The van der Waals surface area contributed by atoms with Crippen LogP contribution in [0.4, 0.5) is 4.79 Å². The van der Waals surface area contributed by atoms with Crippen molar-refractivity contribution in [3.63, 3.8) is 0 Å². The van der Waals surface area contributed by atoms with Gasteiger partial charge in [0.15, 0.2) is 0 Å². The van der Waals surface area contributed by atoms with Crippen molar-refractivity contribution in [1.82, 2.24) is 15.2 Å². The lowest BCUT2D eigenvalue weighted by Gasteiger charge is -2.34. The summed E-state index contributed by atoms with van der Waals surface area (Å²) in [6.07, 6.45) is 3.29. The Bertz CT molecular complexity index is 547. The highest BCUT2D eigenvalue weighted by Gasteiger charge is 2.31. The van der Waals surface area contributed by atoms with Gasteiger partial charge in [-0.1, -0.05) is 13.8 Å². The summed E-state index contributed by atoms with van der Waals surface area (Å²) in [5.74, 6) is -1.11. The highest BCUT2D eigenvalue weighted by Crippen LogP contribution is 2.21. The molecule has 2 unspecified atom stereocenters. The van der Waals surface area contributed by atoms with Gasteiger partial charge >= 0.3 is 12.0 Å². The number of amides is 2. The van der Waals surface area contributed by atoms with Gasteiger partial charge in [0.1, 0.15) is 0 Å². The van der Waals surface area contributed by atoms with Gasteiger partial charge in [0, 0.05) is 19.3 Å². The molecule has 1 aliphatic heterocycles. The number of urea groups is 1. The zero-order valence-electron chi connectivity index (χ0n) is 13.1. The first kappa shape index (κ1) is 16.3. The fourth-order valence-electron chi connectivity index (χ4n) is 2.82. The highest BCUT2D eigenvalue weighted by molar-refractivity contribution is 5.76. The third-order valence-corrected chi connectivity index (χ3v) is 4.01. The lowest BCUT2D eigenvalue weighted by atomic mass is 9.91. The Morgan fingerprint density at radius 1 is 1.45 bits per heavy atom. The molecule has 2 amide bonds. The minimum Gasteiger partial charge on any atom is -0.481 e. The first-order valence-corrected chi connectivity index (χ1v) is 7.69. The van der Waals surface area contributed by atoms with Crippen molar-refractivity contribution in [3.05, 3.63) is 29.6 Å². The maximum absolute atomic E-state index is 12.2. The van der Waals surface area contributed by atoms with Gasteiger partial charge in [-0.05, 0) is 36.5 Å². The summed E-state index contributed by atoms with van der Waals surface area (Å²) < 4.78 is 0. The molecule has 22 heavy (non-hydrogen) atoms. The minimum absolute atomic E-state index is 0.196. The Hall–Kier alpha value is -2.11. The number of carbonyl (C=O) groups is 2. The molecule has 0 saturated carbocycles. The van der Waals surface area contributed by atoms with Crippen molar-refractivity contribution in [1.29, 1.82) is 0 Å². The number of hydrogen-bond acceptors (Lipinski definition) is 3. The van der Waals surface area contributed by atoms with Crippen molar-refractivity contribution in [2.75, 3.05) is 13.1 Å². The minimum atomic E-state index is -0.832. The molecule has 2 rings (SSSR count). The van der Waals surface area contributed by atoms with Gasteiger partial charge in [0.2, 0.25) is 0 Å². The van der Waals surface area contributed by atoms with Crippen LogP contribution in [0, 0.1) is 11.8 Å². The van der Waals surface area contributed by atoms with Crippen LogP contribution in [-0.2, 0) is 17.8 Å². The number of pyridine rings is 1. The van der Waals surface area contributed by atoms with E-state index in [9.17, 15) is 9.59 Å². The molecule has 0 aliphatic carbocycles. The lowest BCUT2D eigenvalue weighted by molar-refractivity contribution is -0.143. The van der Waals surface area contributed by atoms with Crippen LogP contribution >= 0.6 is 0 Å². The summed E-state index contributed by atoms with van der Waals surface area (Å²) in [6.45, 7) is 5.27. The van der Waals surface area contributed by atoms with E-state index in [0.717, 1.165) is 12.1 Å². The molecule has 2 atom stereocenters. The Morgan fingerprint density at radius 2 is 2.23 bits per heavy atom. The number of carboxylic acids is 1. The lowest BCUT2D eigenvalue weighted by Crippen LogP contribution is -2.49. The van der Waals surface area contributed by atoms with Gasteiger partial charge in [0.25, 0.3) is 0 Å². The molecular formula is C16H23N3O3. The second-order valence-corrected chi connectivity index (χ2v) is 5.95. The summed E-state index contributed by atoms with van der Waals surface area (Å²) >= 11 is 0. The largest absolute Gasteiger partial charge is 0.481 e. The van der Waals surface area contributed by atoms with Crippen LogP contribution in [0.25, 0.3) is 0 Å². The number of rotatable bonds is 4. The molecule has 1 fully saturated rings. The summed E-state index contributed by atoms with van der Waals surface area (Å²) in [6, 6.07) is 3.70. The van der Waals surface area contributed by atoms with Crippen LogP contribution in [0.1, 0.15) is 31.5 Å². The SMILES string of the molecule is CCc1ccnc(CNC(=O)N2CC(C)CC(C(=O)O)C2)c1. The van der Waals surface area contributed by atoms with E-state index in [4.69, 9.17) is 5.11 Å². The number of likely N-dealkylation sites (tertiary alicyclic amines) is 1. The van der Waals surface area contributed by atoms with Gasteiger partial charge in [0.05, 0.1) is 18.2 Å². The van der Waals surface area contributed by atoms with Gasteiger partial charge in [-0.3, -0.25) is 9.78 Å². The van der Waals surface area contributed by atoms with E-state index in [1.54, 1.807) is 11.1 Å². The van der Waals surface area contributed by atoms with E-state index in [0.29, 0.717) is 19.5 Å². The van der Waals surface area contributed by atoms with Crippen molar-refractivity contribution < 1.29 is 14.7 Å². The van der Waals surface area contributed by atoms with Crippen molar-refractivity contribution in [3.8, 4) is 0 Å². The molecule has 0 radical (unpaired) electrons. The number of aromatic nitrogens is 1. The summed E-state index contributed by atoms with van der Waals surface area (Å²) in [5.41, 5.74) is 1.99. The first-order valence-electron chi connectivity index (χ1n) is 7.69. The quantitative estimate of drug-likeness (QED) is 0.890. The number of nitrogens with one attached hydrogen (secondary N) is 1. The van der Waals surface area contributed by atoms with E-state index in [2.05, 4.69) is 17.2 Å². The molecule has 6 nitrogen and oxygen atoms in total. The van der Waals surface area contributed by atoms with E-state index in [1.807, 2.05) is 19.1 Å². The Kier molecular flexibility index (Phi) is 5.35. The van der Waals surface area contributed by atoms with Crippen LogP contribution in [0.2, 0.25) is 0 Å². The molecule has 1 aromatic heterocycles. The molecule has 0 aromatic carbocycles. The zero-order chi connectivity index (χ0) is 16.1. The average Bonchev–Trinajstić information content (AvgIpc) is 2.52. The molecule has 6 heteroatoms. The van der Waals surface area contributed by atoms with E-state index < -0.39 is 11.9 Å². The number of aliphatic carboxylic acids is 1. The second kappa shape index (κ2) is 7.24. The molecule has 0 bridgehead atoms. The summed E-state index contributed by atoms with van der Waals surface area (Å²) in [4.78, 5) is 29.2. The average molecular weight is 305 g/mol. The predicted molar refractivity (Wildman–Crippen MR) is 82.3 cm³/mol. The molecule has 1 saturated heterocycles. The van der Waals surface area contributed by atoms with Crippen LogP contribution in [0.5, 0.6) is 0 Å². The normalized spacial score (nSPS) is 21.5. The van der Waals surface area contributed by atoms with E-state index in [-0.39, 0.29) is 18.5 Å². The van der Waals surface area contributed by atoms with E-state index >= 15 is 0 Å². The van der Waals surface area contributed by atoms with Gasteiger partial charge < -0.3 is 15.3 Å². The molecule has 120 valence electrons. The summed E-state index contributed by atoms with van der Waals surface area (Å²) in [7, 11) is 0. The monoisotopic (exact) mass is 305 g/mol. The van der Waals surface area contributed by atoms with Crippen molar-refractivity contribution in [2.24, 2.45) is 11.8 Å². The number of hydrogen-bond donors (Lipinski definition) is 2. The smallest absolute Gasteiger partial charge is 0.317 e. The molecule has 1 aliphatic rings. The number of nitrogens with zero attached hydrogens (tertiary/aromatic N) is 2. The van der Waals surface area contributed by atoms with E-state index in [1.165, 1.54) is 5.56 Å². The van der Waals surface area contributed by atoms with Crippen molar-refractivity contribution >= 4 is 12.0 Å². The topological polar surface area (TPSA) is 82.5 Å². The molecule has 0 spiro atoms. The Labute approximate surface area is 130 Å².